The molecular weight excluding hydrogens is 863 g/mol. The minimum atomic E-state index is -0.779. The lowest BCUT2D eigenvalue weighted by Crippen LogP contribution is -2.32. The quantitative estimate of drug-likeness (QED) is 0.176. The number of pyridine rings is 2. The lowest BCUT2D eigenvalue weighted by molar-refractivity contribution is 0.717. The van der Waals surface area contributed by atoms with Crippen molar-refractivity contribution in [2.75, 3.05) is 0 Å². The fourth-order valence-electron chi connectivity index (χ4n) is 11.9. The van der Waals surface area contributed by atoms with Crippen LogP contribution in [0.4, 0.5) is 0 Å². The molecule has 13 aromatic rings. The molecular formula is C61H33N7S. The van der Waals surface area contributed by atoms with Crippen molar-refractivity contribution in [1.29, 1.82) is 10.5 Å². The maximum absolute atomic E-state index is 10.2. The molecule has 2 aliphatic rings. The molecule has 0 saturated carbocycles. The van der Waals surface area contributed by atoms with E-state index in [9.17, 15) is 10.5 Å². The molecule has 318 valence electrons. The molecule has 69 heavy (non-hydrogen) atoms. The number of benzene rings is 8. The largest absolute Gasteiger partial charge is 0.309 e. The van der Waals surface area contributed by atoms with E-state index in [0.29, 0.717) is 11.1 Å². The standard InChI is InChI=1S/C61H33N7S/c62-33-36-19-23-54-44(28-36)43-12-3-7-17-53(43)68(54)40-32-50-60(65-35-40)59-48(14-9-27-64-59)61(50)47-13-4-8-18-57(47)69-58-26-22-39(31-49(58)61)67-55-24-20-37(34-63)29-45(55)46-30-38(21-25-56(46)67)66-51-15-5-1-10-41(51)42-11-2-6-16-52(42)66/h1-32,35H. The molecule has 1 spiro atoms. The maximum atomic E-state index is 10.2. The summed E-state index contributed by atoms with van der Waals surface area (Å²) in [6, 6.07) is 71.4. The number of hydrogen-bond donors (Lipinski definition) is 0. The van der Waals surface area contributed by atoms with E-state index in [1.54, 1.807) is 11.8 Å². The molecule has 0 fully saturated rings. The number of fused-ring (bicyclic) bond motifs is 18. The normalized spacial score (nSPS) is 14.6. The first-order valence-corrected chi connectivity index (χ1v) is 23.7. The van der Waals surface area contributed by atoms with Gasteiger partial charge in [0.05, 0.1) is 85.1 Å². The molecule has 0 radical (unpaired) electrons. The van der Waals surface area contributed by atoms with Crippen LogP contribution >= 0.6 is 11.8 Å². The molecule has 1 atom stereocenters. The highest BCUT2D eigenvalue weighted by Gasteiger charge is 2.52. The summed E-state index contributed by atoms with van der Waals surface area (Å²) in [7, 11) is 0. The Morgan fingerprint density at radius 3 is 1.54 bits per heavy atom. The van der Waals surface area contributed by atoms with Gasteiger partial charge in [0, 0.05) is 65.2 Å². The van der Waals surface area contributed by atoms with Crippen LogP contribution in [0.1, 0.15) is 33.4 Å². The summed E-state index contributed by atoms with van der Waals surface area (Å²) in [5.41, 5.74) is 16.1. The lowest BCUT2D eigenvalue weighted by Gasteiger charge is -2.39. The van der Waals surface area contributed by atoms with Gasteiger partial charge in [-0.15, -0.1) is 0 Å². The van der Waals surface area contributed by atoms with Gasteiger partial charge in [0.1, 0.15) is 0 Å². The first-order valence-electron chi connectivity index (χ1n) is 22.9. The number of nitrogens with zero attached hydrogens (tertiary/aromatic N) is 7. The number of rotatable bonds is 3. The molecule has 8 aromatic carbocycles. The van der Waals surface area contributed by atoms with E-state index in [1.807, 2.05) is 36.7 Å². The Labute approximate surface area is 399 Å². The summed E-state index contributed by atoms with van der Waals surface area (Å²) < 4.78 is 7.00. The minimum Gasteiger partial charge on any atom is -0.309 e. The highest BCUT2D eigenvalue weighted by molar-refractivity contribution is 7.99. The van der Waals surface area contributed by atoms with Crippen molar-refractivity contribution >= 4 is 77.2 Å². The van der Waals surface area contributed by atoms with Crippen molar-refractivity contribution in [1.82, 2.24) is 23.7 Å². The van der Waals surface area contributed by atoms with Gasteiger partial charge in [0.15, 0.2) is 0 Å². The smallest absolute Gasteiger partial charge is 0.0991 e. The zero-order chi connectivity index (χ0) is 45.5. The van der Waals surface area contributed by atoms with E-state index in [0.717, 1.165) is 105 Å². The molecule has 0 saturated heterocycles. The van der Waals surface area contributed by atoms with Crippen LogP contribution in [0.15, 0.2) is 210 Å². The second-order valence-electron chi connectivity index (χ2n) is 18.0. The van der Waals surface area contributed by atoms with Gasteiger partial charge in [0.2, 0.25) is 0 Å². The van der Waals surface area contributed by atoms with Crippen molar-refractivity contribution in [3.05, 3.63) is 234 Å². The van der Waals surface area contributed by atoms with Crippen molar-refractivity contribution in [3.63, 3.8) is 0 Å². The predicted octanol–water partition coefficient (Wildman–Crippen LogP) is 14.3. The molecule has 0 N–H and O–H groups in total. The molecule has 15 rings (SSSR count). The van der Waals surface area contributed by atoms with Gasteiger partial charge >= 0.3 is 0 Å². The second kappa shape index (κ2) is 13.9. The average molecular weight is 896 g/mol. The van der Waals surface area contributed by atoms with Gasteiger partial charge in [-0.05, 0) is 126 Å². The van der Waals surface area contributed by atoms with E-state index < -0.39 is 5.41 Å². The predicted molar refractivity (Wildman–Crippen MR) is 276 cm³/mol. The Morgan fingerprint density at radius 1 is 0.377 bits per heavy atom. The first-order chi connectivity index (χ1) is 34.1. The van der Waals surface area contributed by atoms with Crippen LogP contribution in [0.5, 0.6) is 0 Å². The van der Waals surface area contributed by atoms with E-state index in [-0.39, 0.29) is 0 Å². The molecule has 6 heterocycles. The van der Waals surface area contributed by atoms with E-state index in [4.69, 9.17) is 9.97 Å². The summed E-state index contributed by atoms with van der Waals surface area (Å²) in [5.74, 6) is 0. The fourth-order valence-corrected chi connectivity index (χ4v) is 13.0. The van der Waals surface area contributed by atoms with E-state index in [2.05, 4.69) is 190 Å². The van der Waals surface area contributed by atoms with Crippen molar-refractivity contribution in [3.8, 4) is 40.6 Å². The summed E-state index contributed by atoms with van der Waals surface area (Å²) >= 11 is 1.80. The van der Waals surface area contributed by atoms with Crippen LogP contribution in [-0.2, 0) is 5.41 Å². The highest BCUT2D eigenvalue weighted by atomic mass is 32.2. The van der Waals surface area contributed by atoms with Crippen LogP contribution in [0.3, 0.4) is 0 Å². The minimum absolute atomic E-state index is 0.616. The number of aromatic nitrogens is 5. The number of para-hydroxylation sites is 3. The molecule has 5 aromatic heterocycles. The van der Waals surface area contributed by atoms with Gasteiger partial charge in [-0.25, -0.2) is 0 Å². The van der Waals surface area contributed by atoms with Gasteiger partial charge in [-0.2, -0.15) is 10.5 Å². The topological polar surface area (TPSA) is 88.1 Å². The molecule has 1 unspecified atom stereocenters. The SMILES string of the molecule is N#Cc1ccc2c(c1)c1ccccc1n2-c1cnc2c(c1)C1(c3ccccc3Sc3ccc(-n4c5ccc(C#N)cc5c5cc(-n6c7ccccc7c7ccccc76)ccc54)cc31)c1cccnc1-2. The molecule has 7 nitrogen and oxygen atoms in total. The second-order valence-corrected chi connectivity index (χ2v) is 19.0. The summed E-state index contributed by atoms with van der Waals surface area (Å²) in [5, 5.41) is 26.8. The van der Waals surface area contributed by atoms with Crippen molar-refractivity contribution < 1.29 is 0 Å². The summed E-state index contributed by atoms with van der Waals surface area (Å²) in [6.07, 6.45) is 3.85. The van der Waals surface area contributed by atoms with Crippen molar-refractivity contribution in [2.24, 2.45) is 0 Å². The molecule has 0 bridgehead atoms. The van der Waals surface area contributed by atoms with Gasteiger partial charge in [0.25, 0.3) is 0 Å². The Morgan fingerprint density at radius 2 is 0.855 bits per heavy atom. The zero-order valence-electron chi connectivity index (χ0n) is 36.6. The fraction of sp³-hybridized carbons (Fsp3) is 0.0164. The Balaban J connectivity index is 0.999. The summed E-state index contributed by atoms with van der Waals surface area (Å²) in [6.45, 7) is 0. The van der Waals surface area contributed by atoms with Crippen LogP contribution in [0, 0.1) is 22.7 Å². The third-order valence-electron chi connectivity index (χ3n) is 14.6. The summed E-state index contributed by atoms with van der Waals surface area (Å²) in [4.78, 5) is 12.8. The first kappa shape index (κ1) is 38.0. The monoisotopic (exact) mass is 895 g/mol. The number of nitriles is 2. The molecule has 1 aliphatic carbocycles. The van der Waals surface area contributed by atoms with Crippen LogP contribution in [0.25, 0.3) is 93.9 Å². The average Bonchev–Trinajstić information content (AvgIpc) is 4.12. The maximum Gasteiger partial charge on any atom is 0.0991 e. The van der Waals surface area contributed by atoms with E-state index in [1.165, 1.54) is 21.2 Å². The Bertz CT molecular complexity index is 4470. The van der Waals surface area contributed by atoms with Gasteiger partial charge < -0.3 is 13.7 Å². The third-order valence-corrected chi connectivity index (χ3v) is 15.8. The molecule has 8 heteroatoms. The van der Waals surface area contributed by atoms with E-state index >= 15 is 0 Å². The highest BCUT2D eigenvalue weighted by Crippen LogP contribution is 2.62. The van der Waals surface area contributed by atoms with Crippen molar-refractivity contribution in [2.45, 2.75) is 15.2 Å². The Hall–Kier alpha value is -9.21. The lowest BCUT2D eigenvalue weighted by atomic mass is 9.67. The Kier molecular flexibility index (Phi) is 7.65. The number of hydrogen-bond acceptors (Lipinski definition) is 5. The van der Waals surface area contributed by atoms with Crippen LogP contribution < -0.4 is 0 Å². The molecule has 1 aliphatic heterocycles. The third kappa shape index (κ3) is 5.00. The zero-order valence-corrected chi connectivity index (χ0v) is 37.4. The molecule has 0 amide bonds. The van der Waals surface area contributed by atoms with Gasteiger partial charge in [-0.1, -0.05) is 90.6 Å². The van der Waals surface area contributed by atoms with Crippen LogP contribution in [0.2, 0.25) is 0 Å². The van der Waals surface area contributed by atoms with Gasteiger partial charge in [-0.3, -0.25) is 9.97 Å². The van der Waals surface area contributed by atoms with Crippen LogP contribution in [-0.4, -0.2) is 23.7 Å².